The van der Waals surface area contributed by atoms with Crippen molar-refractivity contribution in [2.45, 2.75) is 19.1 Å². The molecule has 2 aromatic heterocycles. The van der Waals surface area contributed by atoms with Crippen LogP contribution < -0.4 is 15.0 Å². The highest BCUT2D eigenvalue weighted by Crippen LogP contribution is 2.30. The predicted octanol–water partition coefficient (Wildman–Crippen LogP) is 4.98. The average Bonchev–Trinajstić information content (AvgIpc) is 3.64. The van der Waals surface area contributed by atoms with Crippen molar-refractivity contribution in [3.05, 3.63) is 101 Å². The molecule has 2 heterocycles. The molecule has 9 nitrogen and oxygen atoms in total. The molecule has 10 heteroatoms. The Morgan fingerprint density at radius 1 is 0.975 bits per heavy atom. The van der Waals surface area contributed by atoms with Crippen LogP contribution in [-0.4, -0.2) is 52.9 Å². The summed E-state index contributed by atoms with van der Waals surface area (Å²) < 4.78 is 6.87. The number of hydrogen-bond acceptors (Lipinski definition) is 7. The minimum Gasteiger partial charge on any atom is -0.497 e. The zero-order valence-corrected chi connectivity index (χ0v) is 23.3. The number of para-hydroxylation sites is 1. The van der Waals surface area contributed by atoms with Crippen molar-refractivity contribution in [3.63, 3.8) is 0 Å². The van der Waals surface area contributed by atoms with Gasteiger partial charge in [-0.05, 0) is 65.5 Å². The van der Waals surface area contributed by atoms with E-state index in [1.807, 2.05) is 109 Å². The zero-order valence-electron chi connectivity index (χ0n) is 22.5. The van der Waals surface area contributed by atoms with Crippen LogP contribution in [0.2, 0.25) is 0 Å². The molecule has 0 aliphatic heterocycles. The lowest BCUT2D eigenvalue weighted by molar-refractivity contribution is -0.140. The van der Waals surface area contributed by atoms with Gasteiger partial charge in [0, 0.05) is 36.9 Å². The molecule has 204 valence electrons. The van der Waals surface area contributed by atoms with Crippen LogP contribution in [-0.2, 0) is 22.7 Å². The molecule has 0 aliphatic rings. The first-order valence-electron chi connectivity index (χ1n) is 12.7. The van der Waals surface area contributed by atoms with E-state index in [-0.39, 0.29) is 24.9 Å². The Morgan fingerprint density at radius 3 is 2.40 bits per heavy atom. The molecule has 3 aromatic carbocycles. The molecule has 0 spiro atoms. The Kier molecular flexibility index (Phi) is 8.07. The van der Waals surface area contributed by atoms with E-state index in [0.717, 1.165) is 21.6 Å². The van der Waals surface area contributed by atoms with E-state index in [0.29, 0.717) is 17.0 Å². The molecule has 5 rings (SSSR count). The van der Waals surface area contributed by atoms with Crippen molar-refractivity contribution < 1.29 is 14.3 Å². The van der Waals surface area contributed by atoms with Crippen LogP contribution in [0.25, 0.3) is 11.0 Å². The second-order valence-corrected chi connectivity index (χ2v) is 10.4. The largest absolute Gasteiger partial charge is 0.497 e. The predicted molar refractivity (Wildman–Crippen MR) is 158 cm³/mol. The van der Waals surface area contributed by atoms with Crippen molar-refractivity contribution in [3.8, 4) is 5.75 Å². The summed E-state index contributed by atoms with van der Waals surface area (Å²) >= 11 is 1.43. The maximum absolute atomic E-state index is 14.0. The summed E-state index contributed by atoms with van der Waals surface area (Å²) in [6.45, 7) is 0.147. The summed E-state index contributed by atoms with van der Waals surface area (Å²) in [4.78, 5) is 32.3. The standard InChI is InChI=1S/C30H30N6O3S/c1-34(2)23-14-12-22(13-15-23)31-30(38)29(27-9-6-18-40-27)35(19-21-10-16-24(39-3)17-11-21)28(37)20-36-26-8-5-4-7-25(26)32-33-36/h4-18,29H,19-20H2,1-3H3,(H,31,38)/t29-/m1/s1. The number of carbonyl (C=O) groups excluding carboxylic acids is 2. The Labute approximate surface area is 236 Å². The number of aromatic nitrogens is 3. The summed E-state index contributed by atoms with van der Waals surface area (Å²) in [5, 5.41) is 13.3. The third kappa shape index (κ3) is 5.97. The molecule has 1 N–H and O–H groups in total. The second-order valence-electron chi connectivity index (χ2n) is 9.45. The first-order chi connectivity index (χ1) is 19.4. The zero-order chi connectivity index (χ0) is 28.1. The molecule has 2 amide bonds. The third-order valence-corrected chi connectivity index (χ3v) is 7.49. The number of anilines is 2. The number of carbonyl (C=O) groups is 2. The minimum atomic E-state index is -0.863. The van der Waals surface area contributed by atoms with Crippen LogP contribution in [0.1, 0.15) is 16.5 Å². The van der Waals surface area contributed by atoms with Gasteiger partial charge in [0.25, 0.3) is 5.91 Å². The number of hydrogen-bond donors (Lipinski definition) is 1. The summed E-state index contributed by atoms with van der Waals surface area (Å²) in [7, 11) is 5.53. The average molecular weight is 555 g/mol. The number of methoxy groups -OCH3 is 1. The number of amides is 2. The molecule has 0 fully saturated rings. The summed E-state index contributed by atoms with van der Waals surface area (Å²) in [5.41, 5.74) is 3.98. The van der Waals surface area contributed by atoms with Gasteiger partial charge in [-0.25, -0.2) is 4.68 Å². The molecule has 0 unspecified atom stereocenters. The smallest absolute Gasteiger partial charge is 0.252 e. The molecule has 1 atom stereocenters. The summed E-state index contributed by atoms with van der Waals surface area (Å²) in [6, 6.07) is 25.4. The van der Waals surface area contributed by atoms with Crippen molar-refractivity contribution in [1.29, 1.82) is 0 Å². The normalized spacial score (nSPS) is 11.7. The van der Waals surface area contributed by atoms with E-state index >= 15 is 0 Å². The van der Waals surface area contributed by atoms with Gasteiger partial charge >= 0.3 is 0 Å². The van der Waals surface area contributed by atoms with Crippen LogP contribution >= 0.6 is 11.3 Å². The van der Waals surface area contributed by atoms with E-state index < -0.39 is 6.04 Å². The van der Waals surface area contributed by atoms with E-state index in [1.165, 1.54) is 11.3 Å². The Morgan fingerprint density at radius 2 is 1.73 bits per heavy atom. The fraction of sp³-hybridized carbons (Fsp3) is 0.200. The van der Waals surface area contributed by atoms with Crippen LogP contribution in [0.5, 0.6) is 5.75 Å². The quantitative estimate of drug-likeness (QED) is 0.262. The van der Waals surface area contributed by atoms with Crippen LogP contribution in [0.4, 0.5) is 11.4 Å². The van der Waals surface area contributed by atoms with Crippen LogP contribution in [0.15, 0.2) is 90.3 Å². The van der Waals surface area contributed by atoms with Crippen LogP contribution in [0, 0.1) is 0 Å². The fourth-order valence-electron chi connectivity index (χ4n) is 4.43. The van der Waals surface area contributed by atoms with Crippen molar-refractivity contribution in [1.82, 2.24) is 19.9 Å². The molecular formula is C30H30N6O3S. The monoisotopic (exact) mass is 554 g/mol. The maximum Gasteiger partial charge on any atom is 0.252 e. The van der Waals surface area contributed by atoms with Crippen molar-refractivity contribution in [2.24, 2.45) is 0 Å². The number of benzene rings is 3. The van der Waals surface area contributed by atoms with Gasteiger partial charge in [0.05, 0.1) is 12.6 Å². The maximum atomic E-state index is 14.0. The lowest BCUT2D eigenvalue weighted by atomic mass is 10.1. The van der Waals surface area contributed by atoms with Crippen LogP contribution in [0.3, 0.4) is 0 Å². The highest BCUT2D eigenvalue weighted by atomic mass is 32.1. The molecule has 0 saturated heterocycles. The van der Waals surface area contributed by atoms with E-state index in [9.17, 15) is 9.59 Å². The SMILES string of the molecule is COc1ccc(CN(C(=O)Cn2nnc3ccccc32)[C@@H](C(=O)Nc2ccc(N(C)C)cc2)c2cccs2)cc1. The summed E-state index contributed by atoms with van der Waals surface area (Å²) in [6.07, 6.45) is 0. The molecule has 40 heavy (non-hydrogen) atoms. The highest BCUT2D eigenvalue weighted by molar-refractivity contribution is 7.10. The minimum absolute atomic E-state index is 0.0661. The van der Waals surface area contributed by atoms with E-state index in [4.69, 9.17) is 4.74 Å². The Bertz CT molecular complexity index is 1580. The van der Waals surface area contributed by atoms with Crippen molar-refractivity contribution >= 4 is 45.6 Å². The van der Waals surface area contributed by atoms with E-state index in [2.05, 4.69) is 15.6 Å². The van der Waals surface area contributed by atoms with E-state index in [1.54, 1.807) is 16.7 Å². The van der Waals surface area contributed by atoms with Gasteiger partial charge in [-0.1, -0.05) is 35.5 Å². The second kappa shape index (κ2) is 12.0. The van der Waals surface area contributed by atoms with Gasteiger partial charge in [-0.2, -0.15) is 0 Å². The Hall–Kier alpha value is -4.70. The molecule has 0 bridgehead atoms. The molecule has 5 aromatic rings. The van der Waals surface area contributed by atoms with Crippen molar-refractivity contribution in [2.75, 3.05) is 31.4 Å². The molecule has 0 radical (unpaired) electrons. The van der Waals surface area contributed by atoms with Gasteiger partial charge in [0.1, 0.15) is 23.9 Å². The number of thiophene rings is 1. The lowest BCUT2D eigenvalue weighted by Gasteiger charge is -2.31. The molecule has 0 saturated carbocycles. The number of ether oxygens (including phenoxy) is 1. The first kappa shape index (κ1) is 26.9. The van der Waals surface area contributed by atoms with Gasteiger partial charge in [0.2, 0.25) is 5.91 Å². The third-order valence-electron chi connectivity index (χ3n) is 6.56. The Balaban J connectivity index is 1.49. The number of nitrogens with zero attached hydrogens (tertiary/aromatic N) is 5. The highest BCUT2D eigenvalue weighted by Gasteiger charge is 2.33. The molecule has 0 aliphatic carbocycles. The topological polar surface area (TPSA) is 92.6 Å². The summed E-state index contributed by atoms with van der Waals surface area (Å²) in [5.74, 6) is 0.151. The first-order valence-corrected chi connectivity index (χ1v) is 13.6. The fourth-order valence-corrected chi connectivity index (χ4v) is 5.26. The van der Waals surface area contributed by atoms with Gasteiger partial charge in [-0.3, -0.25) is 9.59 Å². The number of rotatable bonds is 10. The number of fused-ring (bicyclic) bond motifs is 1. The lowest BCUT2D eigenvalue weighted by Crippen LogP contribution is -2.42. The van der Waals surface area contributed by atoms with Gasteiger partial charge in [0.15, 0.2) is 0 Å². The molecular weight excluding hydrogens is 524 g/mol. The number of nitrogens with one attached hydrogen (secondary N) is 1. The van der Waals surface area contributed by atoms with Gasteiger partial charge in [-0.15, -0.1) is 16.4 Å². The van der Waals surface area contributed by atoms with Gasteiger partial charge < -0.3 is 19.9 Å².